The van der Waals surface area contributed by atoms with Gasteiger partial charge in [-0.25, -0.2) is 0 Å². The number of hydrogen-bond donors (Lipinski definition) is 1. The largest absolute Gasteiger partial charge is 0.352 e. The van der Waals surface area contributed by atoms with E-state index in [0.29, 0.717) is 27.1 Å². The van der Waals surface area contributed by atoms with E-state index in [2.05, 4.69) is 5.32 Å². The van der Waals surface area contributed by atoms with Gasteiger partial charge in [-0.3, -0.25) is 9.59 Å². The van der Waals surface area contributed by atoms with Gasteiger partial charge in [0.05, 0.1) is 6.42 Å². The molecule has 4 nitrogen and oxygen atoms in total. The maximum Gasteiger partial charge on any atom is 0.243 e. The topological polar surface area (TPSA) is 49.4 Å². The van der Waals surface area contributed by atoms with Crippen LogP contribution in [0.15, 0.2) is 72.8 Å². The summed E-state index contributed by atoms with van der Waals surface area (Å²) in [5.41, 5.74) is 2.41. The van der Waals surface area contributed by atoms with Crippen LogP contribution in [-0.4, -0.2) is 28.8 Å². The zero-order chi connectivity index (χ0) is 26.2. The van der Waals surface area contributed by atoms with Crippen LogP contribution >= 0.6 is 34.8 Å². The molecule has 194 valence electrons. The Morgan fingerprint density at radius 2 is 1.46 bits per heavy atom. The average molecular weight is 558 g/mol. The van der Waals surface area contributed by atoms with Crippen LogP contribution in [0.25, 0.3) is 0 Å². The molecule has 0 aromatic heterocycles. The molecule has 0 heterocycles. The molecule has 1 atom stereocenters. The smallest absolute Gasteiger partial charge is 0.243 e. The lowest BCUT2D eigenvalue weighted by Gasteiger charge is -2.34. The van der Waals surface area contributed by atoms with Crippen LogP contribution in [0.4, 0.5) is 0 Å². The molecule has 1 fully saturated rings. The lowest BCUT2D eigenvalue weighted by atomic mass is 9.94. The van der Waals surface area contributed by atoms with Gasteiger partial charge in [0, 0.05) is 39.6 Å². The van der Waals surface area contributed by atoms with Gasteiger partial charge < -0.3 is 10.2 Å². The van der Waals surface area contributed by atoms with E-state index in [0.717, 1.165) is 36.8 Å². The molecule has 1 N–H and O–H groups in total. The van der Waals surface area contributed by atoms with Gasteiger partial charge in [-0.1, -0.05) is 103 Å². The quantitative estimate of drug-likeness (QED) is 0.301. The highest BCUT2D eigenvalue weighted by Crippen LogP contribution is 2.28. The number of benzene rings is 3. The molecule has 0 radical (unpaired) electrons. The molecule has 0 aliphatic heterocycles. The summed E-state index contributed by atoms with van der Waals surface area (Å²) in [4.78, 5) is 29.3. The molecule has 0 unspecified atom stereocenters. The number of carbonyl (C=O) groups excluding carboxylic acids is 2. The van der Waals surface area contributed by atoms with Crippen molar-refractivity contribution >= 4 is 46.6 Å². The molecule has 2 amide bonds. The minimum Gasteiger partial charge on any atom is -0.352 e. The van der Waals surface area contributed by atoms with E-state index in [1.165, 1.54) is 6.42 Å². The zero-order valence-corrected chi connectivity index (χ0v) is 22.9. The Morgan fingerprint density at radius 1 is 0.811 bits per heavy atom. The molecular formula is C30H31Cl3N2O2. The summed E-state index contributed by atoms with van der Waals surface area (Å²) in [7, 11) is 0. The first-order chi connectivity index (χ1) is 17.9. The molecule has 3 aromatic carbocycles. The Balaban J connectivity index is 1.68. The minimum atomic E-state index is -0.725. The predicted molar refractivity (Wildman–Crippen MR) is 151 cm³/mol. The van der Waals surface area contributed by atoms with Gasteiger partial charge >= 0.3 is 0 Å². The maximum absolute atomic E-state index is 13.9. The molecular weight excluding hydrogens is 527 g/mol. The van der Waals surface area contributed by atoms with Crippen LogP contribution in [0.3, 0.4) is 0 Å². The molecule has 4 rings (SSSR count). The normalized spacial score (nSPS) is 14.7. The average Bonchev–Trinajstić information content (AvgIpc) is 2.90. The number of halogens is 3. The molecule has 3 aromatic rings. The monoisotopic (exact) mass is 556 g/mol. The lowest BCUT2D eigenvalue weighted by molar-refractivity contribution is -0.141. The third-order valence-electron chi connectivity index (χ3n) is 6.88. The Kier molecular flexibility index (Phi) is 9.90. The van der Waals surface area contributed by atoms with Crippen LogP contribution in [0.1, 0.15) is 48.8 Å². The molecule has 7 heteroatoms. The summed E-state index contributed by atoms with van der Waals surface area (Å²) >= 11 is 19.1. The van der Waals surface area contributed by atoms with Crippen molar-refractivity contribution in [1.29, 1.82) is 0 Å². The number of nitrogens with one attached hydrogen (secondary N) is 1. The number of rotatable bonds is 9. The fourth-order valence-electron chi connectivity index (χ4n) is 4.83. The first-order valence-electron chi connectivity index (χ1n) is 12.7. The first-order valence-corrected chi connectivity index (χ1v) is 13.8. The van der Waals surface area contributed by atoms with Crippen LogP contribution in [0.5, 0.6) is 0 Å². The standard InChI is InChI=1S/C30H31Cl3N2O2/c31-23-16-14-22(15-17-23)19-29(36)35(20-25-26(32)12-7-13-27(25)33)28(18-21-8-3-1-4-9-21)30(37)34-24-10-5-2-6-11-24/h1,3-4,7-9,12-17,24,28H,2,5-6,10-11,18-20H2,(H,34,37)/t28-/m1/s1. The third-order valence-corrected chi connectivity index (χ3v) is 7.84. The van der Waals surface area contributed by atoms with E-state index in [1.807, 2.05) is 42.5 Å². The van der Waals surface area contributed by atoms with Gasteiger partial charge in [0.15, 0.2) is 0 Å². The zero-order valence-electron chi connectivity index (χ0n) is 20.6. The second-order valence-corrected chi connectivity index (χ2v) is 10.8. The van der Waals surface area contributed by atoms with Gasteiger partial charge in [0.25, 0.3) is 0 Å². The fraction of sp³-hybridized carbons (Fsp3) is 0.333. The Bertz CT molecular complexity index is 1170. The van der Waals surface area contributed by atoms with Crippen LogP contribution < -0.4 is 5.32 Å². The lowest BCUT2D eigenvalue weighted by Crippen LogP contribution is -2.53. The van der Waals surface area contributed by atoms with E-state index < -0.39 is 6.04 Å². The van der Waals surface area contributed by atoms with Crippen LogP contribution in [-0.2, 0) is 29.0 Å². The van der Waals surface area contributed by atoms with Gasteiger partial charge in [-0.05, 0) is 48.2 Å². The van der Waals surface area contributed by atoms with Crippen molar-refractivity contribution in [2.45, 2.75) is 63.6 Å². The molecule has 1 aliphatic rings. The molecule has 1 aliphatic carbocycles. The van der Waals surface area contributed by atoms with Crippen LogP contribution in [0, 0.1) is 0 Å². The maximum atomic E-state index is 13.9. The summed E-state index contributed by atoms with van der Waals surface area (Å²) in [6.45, 7) is 0.126. The van der Waals surface area contributed by atoms with E-state index in [-0.39, 0.29) is 30.8 Å². The van der Waals surface area contributed by atoms with Crippen molar-refractivity contribution in [1.82, 2.24) is 10.2 Å². The molecule has 0 saturated heterocycles. The summed E-state index contributed by atoms with van der Waals surface area (Å²) < 4.78 is 0. The first kappa shape index (κ1) is 27.5. The van der Waals surface area contributed by atoms with Crippen molar-refractivity contribution < 1.29 is 9.59 Å². The van der Waals surface area contributed by atoms with Gasteiger partial charge in [0.2, 0.25) is 11.8 Å². The van der Waals surface area contributed by atoms with E-state index in [1.54, 1.807) is 35.2 Å². The number of nitrogens with zero attached hydrogens (tertiary/aromatic N) is 1. The Labute approximate surface area is 233 Å². The van der Waals surface area contributed by atoms with Crippen molar-refractivity contribution in [3.05, 3.63) is 105 Å². The van der Waals surface area contributed by atoms with Gasteiger partial charge in [-0.15, -0.1) is 0 Å². The molecule has 1 saturated carbocycles. The molecule has 0 spiro atoms. The Hall–Kier alpha value is -2.53. The minimum absolute atomic E-state index is 0.122. The van der Waals surface area contributed by atoms with Crippen molar-refractivity contribution in [3.8, 4) is 0 Å². The highest BCUT2D eigenvalue weighted by Gasteiger charge is 2.32. The summed E-state index contributed by atoms with van der Waals surface area (Å²) in [6, 6.07) is 21.6. The van der Waals surface area contributed by atoms with Gasteiger partial charge in [-0.2, -0.15) is 0 Å². The van der Waals surface area contributed by atoms with Crippen LogP contribution in [0.2, 0.25) is 15.1 Å². The second kappa shape index (κ2) is 13.3. The van der Waals surface area contributed by atoms with Crippen molar-refractivity contribution in [2.24, 2.45) is 0 Å². The van der Waals surface area contributed by atoms with Crippen molar-refractivity contribution in [2.75, 3.05) is 0 Å². The SMILES string of the molecule is O=C(NC1CCCCC1)[C@@H](Cc1ccccc1)N(Cc1c(Cl)cccc1Cl)C(=O)Cc1ccc(Cl)cc1. The van der Waals surface area contributed by atoms with E-state index >= 15 is 0 Å². The van der Waals surface area contributed by atoms with E-state index in [9.17, 15) is 9.59 Å². The number of carbonyl (C=O) groups is 2. The number of hydrogen-bond acceptors (Lipinski definition) is 2. The molecule has 0 bridgehead atoms. The summed E-state index contributed by atoms with van der Waals surface area (Å²) in [5.74, 6) is -0.332. The second-order valence-electron chi connectivity index (χ2n) is 9.57. The third kappa shape index (κ3) is 7.73. The number of amides is 2. The highest BCUT2D eigenvalue weighted by atomic mass is 35.5. The van der Waals surface area contributed by atoms with E-state index in [4.69, 9.17) is 34.8 Å². The fourth-order valence-corrected chi connectivity index (χ4v) is 5.47. The predicted octanol–water partition coefficient (Wildman–Crippen LogP) is 7.28. The summed E-state index contributed by atoms with van der Waals surface area (Å²) in [5, 5.41) is 4.77. The highest BCUT2D eigenvalue weighted by molar-refractivity contribution is 6.36. The molecule has 37 heavy (non-hydrogen) atoms. The Morgan fingerprint density at radius 3 is 2.11 bits per heavy atom. The van der Waals surface area contributed by atoms with Crippen molar-refractivity contribution in [3.63, 3.8) is 0 Å². The van der Waals surface area contributed by atoms with Gasteiger partial charge in [0.1, 0.15) is 6.04 Å². The summed E-state index contributed by atoms with van der Waals surface area (Å²) in [6.07, 6.45) is 5.81.